The molecular formula is C15H20ClN3O2. The largest absolute Gasteiger partial charge is 0.370 e. The van der Waals surface area contributed by atoms with E-state index in [1.807, 2.05) is 6.92 Å². The number of piperidine rings is 1. The fourth-order valence-corrected chi connectivity index (χ4v) is 2.47. The molecule has 2 rings (SSSR count). The summed E-state index contributed by atoms with van der Waals surface area (Å²) in [6, 6.07) is 3.53. The van der Waals surface area contributed by atoms with Crippen molar-refractivity contribution < 1.29 is 9.59 Å². The van der Waals surface area contributed by atoms with Gasteiger partial charge < -0.3 is 5.32 Å². The van der Waals surface area contributed by atoms with Gasteiger partial charge in [0.1, 0.15) is 5.82 Å². The molecule has 21 heavy (non-hydrogen) atoms. The average molecular weight is 310 g/mol. The first-order chi connectivity index (χ1) is 10.0. The number of pyridine rings is 1. The molecule has 0 radical (unpaired) electrons. The van der Waals surface area contributed by atoms with Crippen molar-refractivity contribution in [2.75, 3.05) is 11.9 Å². The van der Waals surface area contributed by atoms with Gasteiger partial charge in [-0.05, 0) is 24.5 Å². The second-order valence-electron chi connectivity index (χ2n) is 5.44. The molecule has 0 aliphatic carbocycles. The van der Waals surface area contributed by atoms with Gasteiger partial charge in [-0.3, -0.25) is 14.5 Å². The van der Waals surface area contributed by atoms with Gasteiger partial charge in [0.15, 0.2) is 0 Å². The lowest BCUT2D eigenvalue weighted by atomic mass is 9.97. The second kappa shape index (κ2) is 6.89. The Morgan fingerprint density at radius 2 is 2.00 bits per heavy atom. The Kier molecular flexibility index (Phi) is 5.17. The van der Waals surface area contributed by atoms with Crippen molar-refractivity contribution in [3.63, 3.8) is 0 Å². The van der Waals surface area contributed by atoms with E-state index in [1.165, 1.54) is 4.90 Å². The van der Waals surface area contributed by atoms with E-state index in [9.17, 15) is 9.59 Å². The Hall–Kier alpha value is -1.62. The number of rotatable bonds is 5. The van der Waals surface area contributed by atoms with Crippen LogP contribution in [0.25, 0.3) is 0 Å². The molecule has 1 saturated heterocycles. The molecule has 1 fully saturated rings. The van der Waals surface area contributed by atoms with Crippen LogP contribution in [0.2, 0.25) is 5.02 Å². The predicted octanol–water partition coefficient (Wildman–Crippen LogP) is 2.84. The zero-order valence-electron chi connectivity index (χ0n) is 12.4. The standard InChI is InChI=1S/C15H20ClN3O2/c1-3-6-17-13-5-4-11(16)12(18-13)9-19-14(20)7-10(2)8-15(19)21/h4-5,10H,3,6-9H2,1-2H3,(H,17,18). The minimum Gasteiger partial charge on any atom is -0.370 e. The number of likely N-dealkylation sites (tertiary alicyclic amines) is 1. The fourth-order valence-electron chi connectivity index (χ4n) is 2.30. The summed E-state index contributed by atoms with van der Waals surface area (Å²) in [5, 5.41) is 3.64. The van der Waals surface area contributed by atoms with Gasteiger partial charge in [0.05, 0.1) is 17.3 Å². The lowest BCUT2D eigenvalue weighted by Crippen LogP contribution is -2.42. The third-order valence-electron chi connectivity index (χ3n) is 3.43. The maximum Gasteiger partial charge on any atom is 0.229 e. The predicted molar refractivity (Wildman–Crippen MR) is 82.0 cm³/mol. The highest BCUT2D eigenvalue weighted by molar-refractivity contribution is 6.31. The first kappa shape index (κ1) is 15.8. The molecule has 2 amide bonds. The highest BCUT2D eigenvalue weighted by Gasteiger charge is 2.30. The molecule has 6 heteroatoms. The Morgan fingerprint density at radius 3 is 2.62 bits per heavy atom. The Bertz CT molecular complexity index is 530. The molecule has 0 aromatic carbocycles. The number of amides is 2. The summed E-state index contributed by atoms with van der Waals surface area (Å²) in [6.45, 7) is 4.93. The zero-order chi connectivity index (χ0) is 15.4. The van der Waals surface area contributed by atoms with E-state index in [1.54, 1.807) is 12.1 Å². The molecule has 2 heterocycles. The Labute approximate surface area is 129 Å². The van der Waals surface area contributed by atoms with Crippen molar-refractivity contribution in [2.24, 2.45) is 5.92 Å². The summed E-state index contributed by atoms with van der Waals surface area (Å²) >= 11 is 6.13. The molecule has 5 nitrogen and oxygen atoms in total. The smallest absolute Gasteiger partial charge is 0.229 e. The Morgan fingerprint density at radius 1 is 1.33 bits per heavy atom. The topological polar surface area (TPSA) is 62.3 Å². The summed E-state index contributed by atoms with van der Waals surface area (Å²) in [6.07, 6.45) is 1.79. The van der Waals surface area contributed by atoms with Crippen LogP contribution in [0.1, 0.15) is 38.8 Å². The molecule has 0 saturated carbocycles. The van der Waals surface area contributed by atoms with Crippen molar-refractivity contribution in [1.82, 2.24) is 9.88 Å². The van der Waals surface area contributed by atoms with Crippen LogP contribution < -0.4 is 5.32 Å². The number of anilines is 1. The summed E-state index contributed by atoms with van der Waals surface area (Å²) in [7, 11) is 0. The fraction of sp³-hybridized carbons (Fsp3) is 0.533. The minimum atomic E-state index is -0.150. The van der Waals surface area contributed by atoms with E-state index in [0.29, 0.717) is 29.4 Å². The summed E-state index contributed by atoms with van der Waals surface area (Å²) in [4.78, 5) is 29.7. The van der Waals surface area contributed by atoms with E-state index in [2.05, 4.69) is 17.2 Å². The van der Waals surface area contributed by atoms with E-state index in [-0.39, 0.29) is 24.3 Å². The van der Waals surface area contributed by atoms with E-state index < -0.39 is 0 Å². The number of hydrogen-bond acceptors (Lipinski definition) is 4. The number of hydrogen-bond donors (Lipinski definition) is 1. The molecule has 0 atom stereocenters. The van der Waals surface area contributed by atoms with Gasteiger partial charge in [0.2, 0.25) is 11.8 Å². The van der Waals surface area contributed by atoms with Crippen molar-refractivity contribution in [2.45, 2.75) is 39.7 Å². The van der Waals surface area contributed by atoms with Gasteiger partial charge in [0, 0.05) is 19.4 Å². The van der Waals surface area contributed by atoms with Crippen LogP contribution in [-0.2, 0) is 16.1 Å². The van der Waals surface area contributed by atoms with Gasteiger partial charge >= 0.3 is 0 Å². The third-order valence-corrected chi connectivity index (χ3v) is 3.78. The highest BCUT2D eigenvalue weighted by Crippen LogP contribution is 2.23. The Balaban J connectivity index is 2.14. The van der Waals surface area contributed by atoms with Crippen LogP contribution in [0.15, 0.2) is 12.1 Å². The molecule has 1 aromatic heterocycles. The number of nitrogens with one attached hydrogen (secondary N) is 1. The maximum atomic E-state index is 12.0. The summed E-state index contributed by atoms with van der Waals surface area (Å²) < 4.78 is 0. The molecule has 1 aromatic rings. The first-order valence-corrected chi connectivity index (χ1v) is 7.61. The van der Waals surface area contributed by atoms with E-state index >= 15 is 0 Å². The molecule has 1 aliphatic heterocycles. The average Bonchev–Trinajstić information content (AvgIpc) is 2.43. The zero-order valence-corrected chi connectivity index (χ0v) is 13.1. The molecule has 0 unspecified atom stereocenters. The van der Waals surface area contributed by atoms with Crippen LogP contribution in [0, 0.1) is 5.92 Å². The summed E-state index contributed by atoms with van der Waals surface area (Å²) in [5.41, 5.74) is 0.550. The van der Waals surface area contributed by atoms with E-state index in [0.717, 1.165) is 13.0 Å². The van der Waals surface area contributed by atoms with Gasteiger partial charge in [-0.2, -0.15) is 0 Å². The normalized spacial score (nSPS) is 16.4. The van der Waals surface area contributed by atoms with Crippen LogP contribution in [0.3, 0.4) is 0 Å². The number of imide groups is 1. The number of nitrogens with zero attached hydrogens (tertiary/aromatic N) is 2. The van der Waals surface area contributed by atoms with Crippen molar-refractivity contribution in [3.8, 4) is 0 Å². The van der Waals surface area contributed by atoms with Gasteiger partial charge in [-0.25, -0.2) is 4.98 Å². The summed E-state index contributed by atoms with van der Waals surface area (Å²) in [5.74, 6) is 0.524. The number of aromatic nitrogens is 1. The first-order valence-electron chi connectivity index (χ1n) is 7.23. The van der Waals surface area contributed by atoms with Crippen molar-refractivity contribution >= 4 is 29.2 Å². The number of carbonyl (C=O) groups is 2. The lowest BCUT2D eigenvalue weighted by Gasteiger charge is -2.28. The second-order valence-corrected chi connectivity index (χ2v) is 5.85. The molecule has 0 bridgehead atoms. The molecular weight excluding hydrogens is 290 g/mol. The van der Waals surface area contributed by atoms with Gasteiger partial charge in [0.25, 0.3) is 0 Å². The molecule has 0 spiro atoms. The SMILES string of the molecule is CCCNc1ccc(Cl)c(CN2C(=O)CC(C)CC2=O)n1. The van der Waals surface area contributed by atoms with Gasteiger partial charge in [-0.1, -0.05) is 25.4 Å². The van der Waals surface area contributed by atoms with Crippen LogP contribution in [-0.4, -0.2) is 28.2 Å². The lowest BCUT2D eigenvalue weighted by molar-refractivity contribution is -0.150. The molecule has 1 N–H and O–H groups in total. The monoisotopic (exact) mass is 309 g/mol. The molecule has 1 aliphatic rings. The minimum absolute atomic E-state index is 0.113. The number of carbonyl (C=O) groups excluding carboxylic acids is 2. The quantitative estimate of drug-likeness (QED) is 0.850. The van der Waals surface area contributed by atoms with Gasteiger partial charge in [-0.15, -0.1) is 0 Å². The van der Waals surface area contributed by atoms with Crippen LogP contribution in [0.5, 0.6) is 0 Å². The van der Waals surface area contributed by atoms with Crippen molar-refractivity contribution in [3.05, 3.63) is 22.8 Å². The maximum absolute atomic E-state index is 12.0. The highest BCUT2D eigenvalue weighted by atomic mass is 35.5. The van der Waals surface area contributed by atoms with Crippen LogP contribution in [0.4, 0.5) is 5.82 Å². The van der Waals surface area contributed by atoms with E-state index in [4.69, 9.17) is 11.6 Å². The van der Waals surface area contributed by atoms with Crippen LogP contribution >= 0.6 is 11.6 Å². The van der Waals surface area contributed by atoms with Crippen molar-refractivity contribution in [1.29, 1.82) is 0 Å². The molecule has 114 valence electrons. The third kappa shape index (κ3) is 3.94. The number of halogens is 1.